The second-order valence-electron chi connectivity index (χ2n) is 6.57. The summed E-state index contributed by atoms with van der Waals surface area (Å²) in [6, 6.07) is 20.8. The minimum atomic E-state index is -0.272. The first-order chi connectivity index (χ1) is 13.2. The molecule has 1 aromatic heterocycles. The molecule has 0 bridgehead atoms. The van der Waals surface area contributed by atoms with Crippen molar-refractivity contribution in [1.29, 1.82) is 0 Å². The zero-order valence-corrected chi connectivity index (χ0v) is 14.3. The van der Waals surface area contributed by atoms with Crippen LogP contribution in [0.25, 0.3) is 16.7 Å². The Kier molecular flexibility index (Phi) is 3.53. The Morgan fingerprint density at radius 1 is 0.778 bits per heavy atom. The van der Waals surface area contributed by atoms with E-state index in [-0.39, 0.29) is 17.7 Å². The van der Waals surface area contributed by atoms with Gasteiger partial charge in [-0.2, -0.15) is 0 Å². The highest BCUT2D eigenvalue weighted by Gasteiger charge is 2.31. The lowest BCUT2D eigenvalue weighted by molar-refractivity contribution is -0.664. The highest BCUT2D eigenvalue weighted by Crippen LogP contribution is 2.30. The van der Waals surface area contributed by atoms with Crippen LogP contribution in [-0.2, 0) is 0 Å². The highest BCUT2D eigenvalue weighted by atomic mass is 19.1. The summed E-state index contributed by atoms with van der Waals surface area (Å²) in [5, 5.41) is 3.41. The molecule has 5 rings (SSSR count). The molecule has 2 N–H and O–H groups in total. The van der Waals surface area contributed by atoms with Crippen molar-refractivity contribution in [1.82, 2.24) is 4.98 Å². The molecular weight excluding hydrogens is 344 g/mol. The van der Waals surface area contributed by atoms with E-state index in [2.05, 4.69) is 20.9 Å². The Labute approximate surface area is 154 Å². The van der Waals surface area contributed by atoms with Gasteiger partial charge in [-0.1, -0.05) is 24.3 Å². The lowest BCUT2D eigenvalue weighted by Crippen LogP contribution is -2.43. The topological polar surface area (TPSA) is 31.7 Å². The standard InChI is InChI=1S/C22H15F2N3/c23-16-9-5-14(6-10-16)19-13-21(15-7-11-17(24)12-8-15)27-20-4-2-1-3-18(20)25-22(27)26-19/h1-13,21H,(H,25,26)/p+1. The number of fused-ring (bicyclic) bond motifs is 3. The Balaban J connectivity index is 1.71. The molecule has 0 amide bonds. The van der Waals surface area contributed by atoms with Crippen molar-refractivity contribution in [2.24, 2.45) is 0 Å². The van der Waals surface area contributed by atoms with E-state index in [1.165, 1.54) is 24.3 Å². The van der Waals surface area contributed by atoms with Crippen molar-refractivity contribution < 1.29 is 13.3 Å². The minimum absolute atomic E-state index is 0.127. The van der Waals surface area contributed by atoms with Gasteiger partial charge in [0.05, 0.1) is 0 Å². The number of halogens is 2. The lowest BCUT2D eigenvalue weighted by atomic mass is 10.0. The number of benzene rings is 3. The summed E-state index contributed by atoms with van der Waals surface area (Å²) in [6.07, 6.45) is 2.08. The molecule has 1 unspecified atom stereocenters. The number of hydrogen-bond acceptors (Lipinski definition) is 1. The second-order valence-corrected chi connectivity index (χ2v) is 6.57. The monoisotopic (exact) mass is 360 g/mol. The Hall–Kier alpha value is -3.47. The number of nitrogens with zero attached hydrogens (tertiary/aromatic N) is 1. The molecule has 27 heavy (non-hydrogen) atoms. The number of anilines is 1. The van der Waals surface area contributed by atoms with E-state index < -0.39 is 0 Å². The summed E-state index contributed by atoms with van der Waals surface area (Å²) in [4.78, 5) is 3.40. The molecule has 0 fully saturated rings. The van der Waals surface area contributed by atoms with Gasteiger partial charge < -0.3 is 0 Å². The van der Waals surface area contributed by atoms with Crippen molar-refractivity contribution in [3.63, 3.8) is 0 Å². The number of H-pyrrole nitrogens is 1. The third-order valence-electron chi connectivity index (χ3n) is 4.88. The number of aromatic amines is 1. The molecule has 1 aliphatic rings. The van der Waals surface area contributed by atoms with Crippen LogP contribution in [0, 0.1) is 11.6 Å². The van der Waals surface area contributed by atoms with Gasteiger partial charge in [-0.15, -0.1) is 0 Å². The number of rotatable bonds is 2. The molecule has 3 aromatic carbocycles. The number of hydrogen-bond donors (Lipinski definition) is 2. The molecule has 0 spiro atoms. The smallest absolute Gasteiger partial charge is 0.244 e. The fourth-order valence-electron chi connectivity index (χ4n) is 3.58. The van der Waals surface area contributed by atoms with E-state index >= 15 is 0 Å². The molecule has 0 radical (unpaired) electrons. The largest absolute Gasteiger partial charge is 0.361 e. The Bertz CT molecular complexity index is 1160. The first kappa shape index (κ1) is 15.8. The molecule has 0 saturated carbocycles. The number of allylic oxidation sites excluding steroid dienone is 1. The third kappa shape index (κ3) is 2.68. The summed E-state index contributed by atoms with van der Waals surface area (Å²) in [5.74, 6) is 0.290. The van der Waals surface area contributed by atoms with Gasteiger partial charge in [0.2, 0.25) is 0 Å². The van der Waals surface area contributed by atoms with Gasteiger partial charge in [-0.3, -0.25) is 0 Å². The normalized spacial score (nSPS) is 15.9. The Morgan fingerprint density at radius 3 is 2.19 bits per heavy atom. The molecule has 4 aromatic rings. The van der Waals surface area contributed by atoms with Gasteiger partial charge in [0.25, 0.3) is 0 Å². The van der Waals surface area contributed by atoms with E-state index in [0.717, 1.165) is 33.8 Å². The molecule has 1 atom stereocenters. The maximum absolute atomic E-state index is 13.4. The number of imidazole rings is 1. The SMILES string of the molecule is Fc1ccc(C2=CC(c3ccc(F)cc3)[n+]3c([nH]c4ccccc43)N2)cc1. The highest BCUT2D eigenvalue weighted by molar-refractivity contribution is 5.80. The average Bonchev–Trinajstić information content (AvgIpc) is 3.07. The summed E-state index contributed by atoms with van der Waals surface area (Å²) in [5.41, 5.74) is 4.77. The van der Waals surface area contributed by atoms with Gasteiger partial charge in [0, 0.05) is 5.56 Å². The molecule has 2 heterocycles. The van der Waals surface area contributed by atoms with Crippen LogP contribution in [0.15, 0.2) is 78.9 Å². The number of nitrogens with one attached hydrogen (secondary N) is 2. The lowest BCUT2D eigenvalue weighted by Gasteiger charge is -2.21. The predicted octanol–water partition coefficient (Wildman–Crippen LogP) is 4.79. The van der Waals surface area contributed by atoms with Crippen LogP contribution in [0.5, 0.6) is 0 Å². The van der Waals surface area contributed by atoms with Crippen molar-refractivity contribution in [3.05, 3.63) is 102 Å². The van der Waals surface area contributed by atoms with Gasteiger partial charge in [-0.05, 0) is 60.2 Å². The van der Waals surface area contributed by atoms with Crippen molar-refractivity contribution in [3.8, 4) is 0 Å². The van der Waals surface area contributed by atoms with Gasteiger partial charge in [-0.25, -0.2) is 23.6 Å². The quantitative estimate of drug-likeness (QED) is 0.495. The maximum Gasteiger partial charge on any atom is 0.361 e. The van der Waals surface area contributed by atoms with E-state index in [9.17, 15) is 8.78 Å². The zero-order chi connectivity index (χ0) is 18.4. The summed E-state index contributed by atoms with van der Waals surface area (Å²) in [6.45, 7) is 0. The van der Waals surface area contributed by atoms with E-state index in [1.807, 2.05) is 24.3 Å². The van der Waals surface area contributed by atoms with Crippen LogP contribution in [-0.4, -0.2) is 4.98 Å². The molecule has 5 heteroatoms. The fraction of sp³-hybridized carbons (Fsp3) is 0.0455. The average molecular weight is 360 g/mol. The van der Waals surface area contributed by atoms with Crippen molar-refractivity contribution in [2.45, 2.75) is 6.04 Å². The second kappa shape index (κ2) is 6.06. The zero-order valence-electron chi connectivity index (χ0n) is 14.3. The third-order valence-corrected chi connectivity index (χ3v) is 4.88. The Morgan fingerprint density at radius 2 is 1.44 bits per heavy atom. The molecule has 1 aliphatic heterocycles. The molecule has 132 valence electrons. The molecule has 3 nitrogen and oxygen atoms in total. The first-order valence-electron chi connectivity index (χ1n) is 8.71. The van der Waals surface area contributed by atoms with Crippen LogP contribution in [0.4, 0.5) is 14.7 Å². The summed E-state index contributed by atoms with van der Waals surface area (Å²) >= 11 is 0. The fourth-order valence-corrected chi connectivity index (χ4v) is 3.58. The van der Waals surface area contributed by atoms with Gasteiger partial charge in [0.1, 0.15) is 34.4 Å². The predicted molar refractivity (Wildman–Crippen MR) is 101 cm³/mol. The van der Waals surface area contributed by atoms with Crippen LogP contribution < -0.4 is 9.88 Å². The van der Waals surface area contributed by atoms with E-state index in [0.29, 0.717) is 0 Å². The minimum Gasteiger partial charge on any atom is -0.244 e. The number of aromatic nitrogens is 2. The van der Waals surface area contributed by atoms with E-state index in [4.69, 9.17) is 0 Å². The van der Waals surface area contributed by atoms with Crippen LogP contribution >= 0.6 is 0 Å². The van der Waals surface area contributed by atoms with Crippen LogP contribution in [0.3, 0.4) is 0 Å². The number of para-hydroxylation sites is 2. The molecule has 0 saturated heterocycles. The first-order valence-corrected chi connectivity index (χ1v) is 8.71. The van der Waals surface area contributed by atoms with Crippen LogP contribution in [0.2, 0.25) is 0 Å². The molecule has 0 aliphatic carbocycles. The summed E-state index contributed by atoms with van der Waals surface area (Å²) < 4.78 is 28.9. The van der Waals surface area contributed by atoms with Gasteiger partial charge in [0.15, 0.2) is 0 Å². The van der Waals surface area contributed by atoms with Crippen molar-refractivity contribution >= 4 is 22.7 Å². The van der Waals surface area contributed by atoms with Crippen LogP contribution in [0.1, 0.15) is 17.2 Å². The van der Waals surface area contributed by atoms with Crippen molar-refractivity contribution in [2.75, 3.05) is 5.32 Å². The maximum atomic E-state index is 13.4. The van der Waals surface area contributed by atoms with E-state index in [1.54, 1.807) is 24.3 Å². The molecular formula is C22H16F2N3+. The summed E-state index contributed by atoms with van der Waals surface area (Å²) in [7, 11) is 0. The van der Waals surface area contributed by atoms with Gasteiger partial charge >= 0.3 is 5.95 Å².